The minimum Gasteiger partial charge on any atom is -0.368 e. The zero-order valence-corrected chi connectivity index (χ0v) is 20.6. The Kier molecular flexibility index (Phi) is 8.95. The number of nitrogens with zero attached hydrogens (tertiary/aromatic N) is 3. The zero-order chi connectivity index (χ0) is 20.8. The van der Waals surface area contributed by atoms with Gasteiger partial charge in [0.05, 0.1) is 0 Å². The summed E-state index contributed by atoms with van der Waals surface area (Å²) in [6, 6.07) is 14.2. The molecule has 0 aromatic heterocycles. The predicted molar refractivity (Wildman–Crippen MR) is 135 cm³/mol. The summed E-state index contributed by atoms with van der Waals surface area (Å²) >= 11 is 0. The predicted octanol–water partition coefficient (Wildman–Crippen LogP) is 3.18. The lowest BCUT2D eigenvalue weighted by Gasteiger charge is -2.38. The number of carbonyl (C=O) groups excluding carboxylic acids is 1. The lowest BCUT2D eigenvalue weighted by molar-refractivity contribution is 0.0963. The normalized spacial score (nSPS) is 14.2. The highest BCUT2D eigenvalue weighted by atomic mass is 127. The Balaban J connectivity index is 0.00000320. The maximum absolute atomic E-state index is 11.7. The molecule has 1 aliphatic rings. The lowest BCUT2D eigenvalue weighted by atomic mass is 10.1. The van der Waals surface area contributed by atoms with E-state index in [1.54, 1.807) is 7.05 Å². The Bertz CT molecular complexity index is 874. The third-order valence-corrected chi connectivity index (χ3v) is 5.60. The van der Waals surface area contributed by atoms with E-state index in [0.717, 1.165) is 37.7 Å². The molecule has 1 saturated heterocycles. The molecule has 1 fully saturated rings. The first-order valence-electron chi connectivity index (χ1n) is 10.1. The highest BCUT2D eigenvalue weighted by Crippen LogP contribution is 2.23. The van der Waals surface area contributed by atoms with E-state index in [-0.39, 0.29) is 29.9 Å². The minimum absolute atomic E-state index is 0. The maximum atomic E-state index is 11.7. The van der Waals surface area contributed by atoms with Crippen molar-refractivity contribution >= 4 is 41.5 Å². The fourth-order valence-electron chi connectivity index (χ4n) is 3.67. The van der Waals surface area contributed by atoms with Crippen molar-refractivity contribution in [3.05, 3.63) is 64.7 Å². The van der Waals surface area contributed by atoms with Gasteiger partial charge in [-0.15, -0.1) is 24.0 Å². The number of hydrogen-bond acceptors (Lipinski definition) is 3. The van der Waals surface area contributed by atoms with E-state index < -0.39 is 0 Å². The Morgan fingerprint density at radius 2 is 1.70 bits per heavy atom. The second kappa shape index (κ2) is 11.2. The number of rotatable bonds is 4. The Hall–Kier alpha value is -2.29. The van der Waals surface area contributed by atoms with E-state index in [1.165, 1.54) is 16.8 Å². The van der Waals surface area contributed by atoms with Crippen LogP contribution in [0, 0.1) is 13.8 Å². The molecule has 0 radical (unpaired) electrons. The van der Waals surface area contributed by atoms with Crippen molar-refractivity contribution < 1.29 is 4.79 Å². The standard InChI is InChI=1S/C23H31N5O.HI/c1-17-6-5-7-21(18(17)2)27-12-14-28(15-13-27)23(25-4)26-16-19-8-10-20(11-9-19)22(29)24-3;/h5-11H,12-16H2,1-4H3,(H,24,29)(H,25,26);1H. The van der Waals surface area contributed by atoms with Gasteiger partial charge in [-0.25, -0.2) is 0 Å². The van der Waals surface area contributed by atoms with E-state index in [9.17, 15) is 4.79 Å². The minimum atomic E-state index is -0.0676. The molecule has 0 spiro atoms. The topological polar surface area (TPSA) is 60.0 Å². The van der Waals surface area contributed by atoms with Crippen LogP contribution in [0.4, 0.5) is 5.69 Å². The third-order valence-electron chi connectivity index (χ3n) is 5.60. The van der Waals surface area contributed by atoms with Crippen molar-refractivity contribution in [2.24, 2.45) is 4.99 Å². The monoisotopic (exact) mass is 521 g/mol. The number of piperazine rings is 1. The number of nitrogens with one attached hydrogen (secondary N) is 2. The van der Waals surface area contributed by atoms with Crippen LogP contribution in [0.1, 0.15) is 27.0 Å². The molecular weight excluding hydrogens is 489 g/mol. The molecule has 3 rings (SSSR count). The molecule has 1 aliphatic heterocycles. The molecule has 1 amide bonds. The number of aliphatic imine (C=N–C) groups is 1. The van der Waals surface area contributed by atoms with E-state index >= 15 is 0 Å². The van der Waals surface area contributed by atoms with Gasteiger partial charge in [0.2, 0.25) is 0 Å². The molecule has 0 bridgehead atoms. The fraction of sp³-hybridized carbons (Fsp3) is 0.391. The number of carbonyl (C=O) groups is 1. The van der Waals surface area contributed by atoms with Crippen molar-refractivity contribution in [2.75, 3.05) is 45.2 Å². The number of anilines is 1. The quantitative estimate of drug-likeness (QED) is 0.369. The van der Waals surface area contributed by atoms with Gasteiger partial charge in [0.15, 0.2) is 5.96 Å². The summed E-state index contributed by atoms with van der Waals surface area (Å²) in [5.74, 6) is 0.850. The van der Waals surface area contributed by atoms with Crippen LogP contribution in [-0.4, -0.2) is 57.0 Å². The van der Waals surface area contributed by atoms with Gasteiger partial charge in [0.1, 0.15) is 0 Å². The van der Waals surface area contributed by atoms with E-state index in [1.807, 2.05) is 31.3 Å². The molecular formula is C23H32IN5O. The van der Waals surface area contributed by atoms with Crippen LogP contribution in [0.15, 0.2) is 47.5 Å². The molecule has 1 heterocycles. The van der Waals surface area contributed by atoms with Gasteiger partial charge in [-0.2, -0.15) is 0 Å². The van der Waals surface area contributed by atoms with Crippen molar-refractivity contribution in [2.45, 2.75) is 20.4 Å². The molecule has 0 aliphatic carbocycles. The van der Waals surface area contributed by atoms with Crippen LogP contribution in [0.25, 0.3) is 0 Å². The first kappa shape index (κ1) is 24.0. The van der Waals surface area contributed by atoms with Crippen LogP contribution < -0.4 is 15.5 Å². The summed E-state index contributed by atoms with van der Waals surface area (Å²) < 4.78 is 0. The smallest absolute Gasteiger partial charge is 0.251 e. The van der Waals surface area contributed by atoms with Gasteiger partial charge >= 0.3 is 0 Å². The van der Waals surface area contributed by atoms with Gasteiger partial charge in [0.25, 0.3) is 5.91 Å². The molecule has 0 unspecified atom stereocenters. The average molecular weight is 521 g/mol. The first-order valence-corrected chi connectivity index (χ1v) is 10.1. The van der Waals surface area contributed by atoms with E-state index in [2.05, 4.69) is 57.5 Å². The number of hydrogen-bond donors (Lipinski definition) is 2. The molecule has 0 atom stereocenters. The van der Waals surface area contributed by atoms with E-state index in [4.69, 9.17) is 0 Å². The number of guanidine groups is 1. The van der Waals surface area contributed by atoms with E-state index in [0.29, 0.717) is 12.1 Å². The fourth-order valence-corrected chi connectivity index (χ4v) is 3.67. The molecule has 2 aromatic rings. The second-order valence-corrected chi connectivity index (χ2v) is 7.37. The van der Waals surface area contributed by atoms with Crippen LogP contribution in [0.2, 0.25) is 0 Å². The summed E-state index contributed by atoms with van der Waals surface area (Å²) in [6.07, 6.45) is 0. The van der Waals surface area contributed by atoms with Gasteiger partial charge < -0.3 is 20.4 Å². The average Bonchev–Trinajstić information content (AvgIpc) is 2.76. The molecule has 7 heteroatoms. The SMILES string of the molecule is CN=C(NCc1ccc(C(=O)NC)cc1)N1CCN(c2cccc(C)c2C)CC1.I. The van der Waals surface area contributed by atoms with Gasteiger partial charge in [-0.3, -0.25) is 9.79 Å². The number of benzene rings is 2. The van der Waals surface area contributed by atoms with Crippen LogP contribution >= 0.6 is 24.0 Å². The Labute approximate surface area is 196 Å². The first-order chi connectivity index (χ1) is 14.0. The summed E-state index contributed by atoms with van der Waals surface area (Å²) in [7, 11) is 3.47. The summed E-state index contributed by atoms with van der Waals surface area (Å²) in [5.41, 5.74) is 5.83. The molecule has 6 nitrogen and oxygen atoms in total. The molecule has 0 saturated carbocycles. The van der Waals surface area contributed by atoms with Crippen molar-refractivity contribution in [1.29, 1.82) is 0 Å². The van der Waals surface area contributed by atoms with Crippen molar-refractivity contribution in [3.8, 4) is 0 Å². The lowest BCUT2D eigenvalue weighted by Crippen LogP contribution is -2.52. The maximum Gasteiger partial charge on any atom is 0.251 e. The highest BCUT2D eigenvalue weighted by molar-refractivity contribution is 14.0. The van der Waals surface area contributed by atoms with Gasteiger partial charge in [0, 0.05) is 58.1 Å². The van der Waals surface area contributed by atoms with Crippen molar-refractivity contribution in [3.63, 3.8) is 0 Å². The number of aryl methyl sites for hydroxylation is 1. The third kappa shape index (κ3) is 5.65. The largest absolute Gasteiger partial charge is 0.368 e. The highest BCUT2D eigenvalue weighted by Gasteiger charge is 2.21. The number of halogens is 1. The molecule has 2 N–H and O–H groups in total. The van der Waals surface area contributed by atoms with Crippen LogP contribution in [0.5, 0.6) is 0 Å². The Morgan fingerprint density at radius 3 is 2.30 bits per heavy atom. The summed E-state index contributed by atoms with van der Waals surface area (Å²) in [5, 5.41) is 6.09. The van der Waals surface area contributed by atoms with Gasteiger partial charge in [-0.05, 0) is 48.7 Å². The molecule has 162 valence electrons. The van der Waals surface area contributed by atoms with Crippen LogP contribution in [-0.2, 0) is 6.54 Å². The Morgan fingerprint density at radius 1 is 1.03 bits per heavy atom. The molecule has 30 heavy (non-hydrogen) atoms. The summed E-state index contributed by atoms with van der Waals surface area (Å²) in [4.78, 5) is 20.9. The second-order valence-electron chi connectivity index (χ2n) is 7.37. The number of amides is 1. The van der Waals surface area contributed by atoms with Crippen molar-refractivity contribution in [1.82, 2.24) is 15.5 Å². The molecule has 2 aromatic carbocycles. The zero-order valence-electron chi connectivity index (χ0n) is 18.2. The van der Waals surface area contributed by atoms with Crippen LogP contribution in [0.3, 0.4) is 0 Å². The van der Waals surface area contributed by atoms with Gasteiger partial charge in [-0.1, -0.05) is 24.3 Å². The summed E-state index contributed by atoms with van der Waals surface area (Å²) in [6.45, 7) is 8.87.